The average Bonchev–Trinajstić information content (AvgIpc) is 2.74. The SMILES string of the molecule is CCOC(=O)Nc1ccc(C(=O)NNC(=O)c2ccc(N(CC)CC)cc2)cc1. The van der Waals surface area contributed by atoms with Gasteiger partial charge in [-0.1, -0.05) is 0 Å². The second-order valence-corrected chi connectivity index (χ2v) is 6.05. The second kappa shape index (κ2) is 10.7. The second-order valence-electron chi connectivity index (χ2n) is 6.05. The fourth-order valence-electron chi connectivity index (χ4n) is 2.66. The molecule has 0 bridgehead atoms. The molecule has 0 radical (unpaired) electrons. The molecule has 0 saturated heterocycles. The molecule has 0 heterocycles. The molecule has 2 rings (SSSR count). The molecule has 29 heavy (non-hydrogen) atoms. The number of benzene rings is 2. The summed E-state index contributed by atoms with van der Waals surface area (Å²) < 4.78 is 4.78. The monoisotopic (exact) mass is 398 g/mol. The van der Waals surface area contributed by atoms with Gasteiger partial charge in [0, 0.05) is 35.6 Å². The minimum absolute atomic E-state index is 0.268. The Morgan fingerprint density at radius 2 is 1.28 bits per heavy atom. The number of rotatable bonds is 7. The fraction of sp³-hybridized carbons (Fsp3) is 0.286. The Bertz CT molecular complexity index is 831. The summed E-state index contributed by atoms with van der Waals surface area (Å²) in [5.74, 6) is -0.883. The van der Waals surface area contributed by atoms with Crippen molar-refractivity contribution in [1.82, 2.24) is 10.9 Å². The average molecular weight is 398 g/mol. The van der Waals surface area contributed by atoms with Crippen LogP contribution in [0.2, 0.25) is 0 Å². The minimum Gasteiger partial charge on any atom is -0.450 e. The Morgan fingerprint density at radius 3 is 1.72 bits per heavy atom. The van der Waals surface area contributed by atoms with Gasteiger partial charge in [-0.05, 0) is 69.3 Å². The number of carbonyl (C=O) groups excluding carboxylic acids is 3. The van der Waals surface area contributed by atoms with E-state index in [0.29, 0.717) is 16.8 Å². The molecule has 0 atom stereocenters. The van der Waals surface area contributed by atoms with Crippen LogP contribution in [0.3, 0.4) is 0 Å². The van der Waals surface area contributed by atoms with Crippen molar-refractivity contribution in [2.75, 3.05) is 29.9 Å². The molecule has 0 saturated carbocycles. The van der Waals surface area contributed by atoms with Crippen molar-refractivity contribution in [1.29, 1.82) is 0 Å². The number of nitrogens with one attached hydrogen (secondary N) is 3. The highest BCUT2D eigenvalue weighted by molar-refractivity contribution is 5.99. The summed E-state index contributed by atoms with van der Waals surface area (Å²) in [6, 6.07) is 13.4. The normalized spacial score (nSPS) is 10.0. The third-order valence-corrected chi connectivity index (χ3v) is 4.22. The van der Waals surface area contributed by atoms with E-state index < -0.39 is 17.9 Å². The first kappa shape index (κ1) is 21.7. The molecule has 3 N–H and O–H groups in total. The van der Waals surface area contributed by atoms with Crippen molar-refractivity contribution in [3.63, 3.8) is 0 Å². The highest BCUT2D eigenvalue weighted by Gasteiger charge is 2.11. The van der Waals surface area contributed by atoms with Gasteiger partial charge in [0.05, 0.1) is 6.61 Å². The van der Waals surface area contributed by atoms with Gasteiger partial charge in [0.25, 0.3) is 11.8 Å². The quantitative estimate of drug-likeness (QED) is 0.622. The lowest BCUT2D eigenvalue weighted by Gasteiger charge is -2.21. The van der Waals surface area contributed by atoms with Crippen molar-refractivity contribution in [2.45, 2.75) is 20.8 Å². The van der Waals surface area contributed by atoms with E-state index in [1.54, 1.807) is 31.2 Å². The molecule has 8 heteroatoms. The molecular formula is C21H26N4O4. The Morgan fingerprint density at radius 1 is 0.793 bits per heavy atom. The maximum absolute atomic E-state index is 12.2. The first-order valence-corrected chi connectivity index (χ1v) is 9.48. The topological polar surface area (TPSA) is 99.8 Å². The van der Waals surface area contributed by atoms with E-state index in [-0.39, 0.29) is 6.61 Å². The van der Waals surface area contributed by atoms with Gasteiger partial charge in [-0.2, -0.15) is 0 Å². The molecule has 8 nitrogen and oxygen atoms in total. The third kappa shape index (κ3) is 6.24. The molecule has 3 amide bonds. The molecule has 0 unspecified atom stereocenters. The first-order valence-electron chi connectivity index (χ1n) is 9.48. The van der Waals surface area contributed by atoms with Gasteiger partial charge in [0.1, 0.15) is 0 Å². The van der Waals surface area contributed by atoms with Crippen molar-refractivity contribution in [2.24, 2.45) is 0 Å². The van der Waals surface area contributed by atoms with E-state index in [2.05, 4.69) is 34.9 Å². The number of nitrogens with zero attached hydrogens (tertiary/aromatic N) is 1. The highest BCUT2D eigenvalue weighted by Crippen LogP contribution is 2.15. The van der Waals surface area contributed by atoms with Crippen LogP contribution in [0, 0.1) is 0 Å². The molecule has 0 aliphatic rings. The van der Waals surface area contributed by atoms with E-state index in [1.807, 2.05) is 12.1 Å². The molecular weight excluding hydrogens is 372 g/mol. The number of hydrazine groups is 1. The fourth-order valence-corrected chi connectivity index (χ4v) is 2.66. The molecule has 0 aliphatic heterocycles. The van der Waals surface area contributed by atoms with E-state index in [4.69, 9.17) is 4.74 Å². The van der Waals surface area contributed by atoms with Crippen LogP contribution in [0.15, 0.2) is 48.5 Å². The summed E-state index contributed by atoms with van der Waals surface area (Å²) in [5.41, 5.74) is 7.07. The maximum atomic E-state index is 12.2. The van der Waals surface area contributed by atoms with E-state index in [0.717, 1.165) is 18.8 Å². The van der Waals surface area contributed by atoms with Gasteiger partial charge < -0.3 is 9.64 Å². The number of anilines is 2. The van der Waals surface area contributed by atoms with Crippen LogP contribution in [0.1, 0.15) is 41.5 Å². The third-order valence-electron chi connectivity index (χ3n) is 4.22. The minimum atomic E-state index is -0.566. The van der Waals surface area contributed by atoms with Crippen LogP contribution in [-0.4, -0.2) is 37.6 Å². The lowest BCUT2D eigenvalue weighted by atomic mass is 10.2. The first-order chi connectivity index (χ1) is 14.0. The Hall–Kier alpha value is -3.55. The lowest BCUT2D eigenvalue weighted by molar-refractivity contribution is 0.0846. The zero-order valence-corrected chi connectivity index (χ0v) is 16.8. The van der Waals surface area contributed by atoms with Crippen LogP contribution in [-0.2, 0) is 4.74 Å². The molecule has 0 aliphatic carbocycles. The standard InChI is InChI=1S/C21H26N4O4/c1-4-25(5-2)18-13-9-16(10-14-18)20(27)24-23-19(26)15-7-11-17(12-8-15)22-21(28)29-6-3/h7-14H,4-6H2,1-3H3,(H,22,28)(H,23,26)(H,24,27). The summed E-state index contributed by atoms with van der Waals surface area (Å²) in [4.78, 5) is 38.0. The lowest BCUT2D eigenvalue weighted by Crippen LogP contribution is -2.41. The van der Waals surface area contributed by atoms with Crippen molar-refractivity contribution >= 4 is 29.3 Å². The van der Waals surface area contributed by atoms with Crippen molar-refractivity contribution < 1.29 is 19.1 Å². The number of ether oxygens (including phenoxy) is 1. The Kier molecular flexibility index (Phi) is 8.02. The number of carbonyl (C=O) groups is 3. The molecule has 0 aromatic heterocycles. The van der Waals surface area contributed by atoms with E-state index >= 15 is 0 Å². The number of hydrogen-bond donors (Lipinski definition) is 3. The number of amides is 3. The van der Waals surface area contributed by atoms with Gasteiger partial charge in [-0.25, -0.2) is 4.79 Å². The van der Waals surface area contributed by atoms with Crippen LogP contribution in [0.25, 0.3) is 0 Å². The van der Waals surface area contributed by atoms with Crippen LogP contribution in [0.4, 0.5) is 16.2 Å². The zero-order chi connectivity index (χ0) is 21.2. The van der Waals surface area contributed by atoms with Gasteiger partial charge in [0.2, 0.25) is 0 Å². The van der Waals surface area contributed by atoms with Gasteiger partial charge in [-0.15, -0.1) is 0 Å². The van der Waals surface area contributed by atoms with Crippen LogP contribution >= 0.6 is 0 Å². The number of hydrogen-bond acceptors (Lipinski definition) is 5. The molecule has 154 valence electrons. The highest BCUT2D eigenvalue weighted by atomic mass is 16.5. The molecule has 0 fully saturated rings. The molecule has 2 aromatic carbocycles. The largest absolute Gasteiger partial charge is 0.450 e. The van der Waals surface area contributed by atoms with Gasteiger partial charge in [0.15, 0.2) is 0 Å². The van der Waals surface area contributed by atoms with Crippen molar-refractivity contribution in [3.05, 3.63) is 59.7 Å². The molecule has 0 spiro atoms. The summed E-state index contributed by atoms with van der Waals surface area (Å²) in [6.45, 7) is 7.88. The summed E-state index contributed by atoms with van der Waals surface area (Å²) in [7, 11) is 0. The van der Waals surface area contributed by atoms with E-state index in [1.165, 1.54) is 12.1 Å². The molecule has 2 aromatic rings. The van der Waals surface area contributed by atoms with Crippen LogP contribution in [0.5, 0.6) is 0 Å². The van der Waals surface area contributed by atoms with Crippen LogP contribution < -0.4 is 21.1 Å². The Balaban J connectivity index is 1.89. The predicted molar refractivity (Wildman–Crippen MR) is 112 cm³/mol. The summed E-state index contributed by atoms with van der Waals surface area (Å²) in [5, 5.41) is 2.54. The van der Waals surface area contributed by atoms with Gasteiger partial charge in [-0.3, -0.25) is 25.8 Å². The Labute approximate surface area is 170 Å². The maximum Gasteiger partial charge on any atom is 0.411 e. The smallest absolute Gasteiger partial charge is 0.411 e. The summed E-state index contributed by atoms with van der Waals surface area (Å²) in [6.07, 6.45) is -0.566. The van der Waals surface area contributed by atoms with E-state index in [9.17, 15) is 14.4 Å². The predicted octanol–water partition coefficient (Wildman–Crippen LogP) is 3.18. The van der Waals surface area contributed by atoms with Crippen molar-refractivity contribution in [3.8, 4) is 0 Å². The summed E-state index contributed by atoms with van der Waals surface area (Å²) >= 11 is 0. The zero-order valence-electron chi connectivity index (χ0n) is 16.8. The van der Waals surface area contributed by atoms with Gasteiger partial charge >= 0.3 is 6.09 Å².